The minimum absolute atomic E-state index is 0.823. The molecule has 4 heteroatoms. The Labute approximate surface area is 208 Å². The molecule has 0 aliphatic carbocycles. The summed E-state index contributed by atoms with van der Waals surface area (Å²) < 4.78 is 0. The minimum Gasteiger partial charge on any atom is -0.265 e. The van der Waals surface area contributed by atoms with E-state index in [1.807, 2.05) is 36.4 Å². The predicted molar refractivity (Wildman–Crippen MR) is 146 cm³/mol. The smallest absolute Gasteiger partial charge is 0.0973 e. The van der Waals surface area contributed by atoms with Crippen LogP contribution in [0.15, 0.2) is 122 Å². The molecular formula is C32H20N4. The maximum absolute atomic E-state index is 5.09. The number of nitrogens with zero attached hydrogens (tertiary/aromatic N) is 4. The summed E-state index contributed by atoms with van der Waals surface area (Å²) in [4.78, 5) is 19.1. The van der Waals surface area contributed by atoms with Gasteiger partial charge in [0.05, 0.1) is 33.8 Å². The number of hydrogen-bond acceptors (Lipinski definition) is 4. The first-order chi connectivity index (χ1) is 17.8. The maximum Gasteiger partial charge on any atom is 0.0973 e. The van der Waals surface area contributed by atoms with Crippen molar-refractivity contribution in [3.05, 3.63) is 122 Å². The average molecular weight is 461 g/mol. The first-order valence-electron chi connectivity index (χ1n) is 11.9. The van der Waals surface area contributed by atoms with Crippen LogP contribution in [-0.2, 0) is 0 Å². The zero-order valence-electron chi connectivity index (χ0n) is 19.3. The van der Waals surface area contributed by atoms with E-state index in [0.717, 1.165) is 55.7 Å². The summed E-state index contributed by atoms with van der Waals surface area (Å²) in [7, 11) is 0. The lowest BCUT2D eigenvalue weighted by atomic mass is 10.0. The molecule has 36 heavy (non-hydrogen) atoms. The third-order valence-corrected chi connectivity index (χ3v) is 6.55. The fraction of sp³-hybridized carbons (Fsp3) is 0. The molecule has 0 radical (unpaired) electrons. The van der Waals surface area contributed by atoms with Gasteiger partial charge in [-0.15, -0.1) is 0 Å². The van der Waals surface area contributed by atoms with Crippen molar-refractivity contribution >= 4 is 32.6 Å². The summed E-state index contributed by atoms with van der Waals surface area (Å²) in [6, 6.07) is 37.4. The normalized spacial score (nSPS) is 11.3. The van der Waals surface area contributed by atoms with Gasteiger partial charge in [-0.3, -0.25) is 4.98 Å². The van der Waals surface area contributed by atoms with E-state index < -0.39 is 0 Å². The molecule has 3 aromatic carbocycles. The van der Waals surface area contributed by atoms with Crippen molar-refractivity contribution < 1.29 is 0 Å². The van der Waals surface area contributed by atoms with Gasteiger partial charge in [0.15, 0.2) is 0 Å². The summed E-state index contributed by atoms with van der Waals surface area (Å²) >= 11 is 0. The number of rotatable bonds is 3. The highest BCUT2D eigenvalue weighted by atomic mass is 14.8. The lowest BCUT2D eigenvalue weighted by Crippen LogP contribution is -1.93. The number of pyridine rings is 4. The number of aromatic nitrogens is 4. The fourth-order valence-electron chi connectivity index (χ4n) is 4.68. The van der Waals surface area contributed by atoms with Gasteiger partial charge in [0.25, 0.3) is 0 Å². The van der Waals surface area contributed by atoms with Crippen LogP contribution in [0.3, 0.4) is 0 Å². The molecule has 7 rings (SSSR count). The Morgan fingerprint density at radius 2 is 0.944 bits per heavy atom. The summed E-state index contributed by atoms with van der Waals surface area (Å²) in [5, 5.41) is 4.55. The van der Waals surface area contributed by atoms with E-state index in [9.17, 15) is 0 Å². The van der Waals surface area contributed by atoms with Gasteiger partial charge in [-0.05, 0) is 53.2 Å². The molecule has 0 saturated heterocycles. The molecule has 0 fully saturated rings. The highest BCUT2D eigenvalue weighted by molar-refractivity contribution is 6.04. The molecule has 0 amide bonds. The monoisotopic (exact) mass is 460 g/mol. The second kappa shape index (κ2) is 8.36. The molecule has 0 spiro atoms. The topological polar surface area (TPSA) is 51.6 Å². The molecule has 4 nitrogen and oxygen atoms in total. The van der Waals surface area contributed by atoms with Crippen LogP contribution < -0.4 is 0 Å². The molecule has 0 aliphatic heterocycles. The average Bonchev–Trinajstić information content (AvgIpc) is 2.97. The quantitative estimate of drug-likeness (QED) is 0.253. The molecule has 0 N–H and O–H groups in total. The highest BCUT2D eigenvalue weighted by Gasteiger charge is 2.10. The second-order valence-electron chi connectivity index (χ2n) is 8.81. The van der Waals surface area contributed by atoms with Crippen LogP contribution in [0.25, 0.3) is 66.5 Å². The molecule has 0 aliphatic rings. The van der Waals surface area contributed by atoms with E-state index >= 15 is 0 Å². The molecule has 0 unspecified atom stereocenters. The van der Waals surface area contributed by atoms with E-state index in [4.69, 9.17) is 15.0 Å². The first kappa shape index (κ1) is 20.4. The Morgan fingerprint density at radius 1 is 0.361 bits per heavy atom. The van der Waals surface area contributed by atoms with Crippen LogP contribution in [0.2, 0.25) is 0 Å². The maximum atomic E-state index is 5.09. The Kier molecular flexibility index (Phi) is 4.74. The molecule has 7 aromatic rings. The molecule has 0 saturated carbocycles. The molecule has 0 bridgehead atoms. The number of fused-ring (bicyclic) bond motifs is 4. The van der Waals surface area contributed by atoms with Crippen LogP contribution in [0.5, 0.6) is 0 Å². The molecule has 4 aromatic heterocycles. The highest BCUT2D eigenvalue weighted by Crippen LogP contribution is 2.30. The third-order valence-electron chi connectivity index (χ3n) is 6.55. The SMILES string of the molecule is c1cc(-c2ccncc2)nc(-c2ccc3ccc4ccc(-c5ccc6ccccc6c5)nc4c3n2)c1. The van der Waals surface area contributed by atoms with E-state index in [2.05, 4.69) is 77.8 Å². The molecular weight excluding hydrogens is 440 g/mol. The van der Waals surface area contributed by atoms with Crippen LogP contribution >= 0.6 is 0 Å². The Bertz CT molecular complexity index is 1890. The molecule has 168 valence electrons. The zero-order valence-corrected chi connectivity index (χ0v) is 19.3. The summed E-state index contributed by atoms with van der Waals surface area (Å²) in [5.41, 5.74) is 7.37. The van der Waals surface area contributed by atoms with Gasteiger partial charge >= 0.3 is 0 Å². The van der Waals surface area contributed by atoms with Crippen molar-refractivity contribution in [1.82, 2.24) is 19.9 Å². The summed E-state index contributed by atoms with van der Waals surface area (Å²) in [6.07, 6.45) is 3.56. The van der Waals surface area contributed by atoms with Crippen LogP contribution in [0.1, 0.15) is 0 Å². The first-order valence-corrected chi connectivity index (χ1v) is 11.9. The molecule has 4 heterocycles. The van der Waals surface area contributed by atoms with E-state index in [1.165, 1.54) is 10.8 Å². The fourth-order valence-corrected chi connectivity index (χ4v) is 4.68. The van der Waals surface area contributed by atoms with Crippen molar-refractivity contribution in [1.29, 1.82) is 0 Å². The Hall–Kier alpha value is -4.96. The van der Waals surface area contributed by atoms with Crippen molar-refractivity contribution in [3.8, 4) is 33.9 Å². The number of benzene rings is 3. The zero-order chi connectivity index (χ0) is 23.9. The van der Waals surface area contributed by atoms with Crippen molar-refractivity contribution in [2.75, 3.05) is 0 Å². The minimum atomic E-state index is 0.823. The van der Waals surface area contributed by atoms with Gasteiger partial charge < -0.3 is 0 Å². The lowest BCUT2D eigenvalue weighted by Gasteiger charge is -2.09. The second-order valence-corrected chi connectivity index (χ2v) is 8.81. The standard InChI is InChI=1S/C32H20N4/c1-2-5-25-20-26(11-8-21(25)4-1)28-14-12-23-9-10-24-13-15-30(36-32(24)31(23)35-28)29-7-3-6-27(34-29)22-16-18-33-19-17-22/h1-20H. The lowest BCUT2D eigenvalue weighted by molar-refractivity contribution is 1.26. The van der Waals surface area contributed by atoms with E-state index in [0.29, 0.717) is 0 Å². The van der Waals surface area contributed by atoms with E-state index in [1.54, 1.807) is 12.4 Å². The van der Waals surface area contributed by atoms with Crippen molar-refractivity contribution in [3.63, 3.8) is 0 Å². The van der Waals surface area contributed by atoms with E-state index in [-0.39, 0.29) is 0 Å². The number of hydrogen-bond donors (Lipinski definition) is 0. The summed E-state index contributed by atoms with van der Waals surface area (Å²) in [5.74, 6) is 0. The Morgan fingerprint density at radius 3 is 1.75 bits per heavy atom. The van der Waals surface area contributed by atoms with Crippen molar-refractivity contribution in [2.24, 2.45) is 0 Å². The third kappa shape index (κ3) is 3.56. The largest absolute Gasteiger partial charge is 0.265 e. The van der Waals surface area contributed by atoms with Gasteiger partial charge in [-0.25, -0.2) is 15.0 Å². The van der Waals surface area contributed by atoms with Crippen molar-refractivity contribution in [2.45, 2.75) is 0 Å². The van der Waals surface area contributed by atoms with Gasteiger partial charge in [0.2, 0.25) is 0 Å². The van der Waals surface area contributed by atoms with Gasteiger partial charge in [0, 0.05) is 34.3 Å². The van der Waals surface area contributed by atoms with Crippen LogP contribution in [0, 0.1) is 0 Å². The van der Waals surface area contributed by atoms with Gasteiger partial charge in [-0.2, -0.15) is 0 Å². The van der Waals surface area contributed by atoms with Gasteiger partial charge in [0.1, 0.15) is 0 Å². The Balaban J connectivity index is 1.37. The summed E-state index contributed by atoms with van der Waals surface area (Å²) in [6.45, 7) is 0. The van der Waals surface area contributed by atoms with Gasteiger partial charge in [-0.1, -0.05) is 66.7 Å². The van der Waals surface area contributed by atoms with Crippen LogP contribution in [-0.4, -0.2) is 19.9 Å². The van der Waals surface area contributed by atoms with Crippen LogP contribution in [0.4, 0.5) is 0 Å². The predicted octanol–water partition coefficient (Wildman–Crippen LogP) is 7.73. The molecule has 0 atom stereocenters.